The second-order valence-corrected chi connectivity index (χ2v) is 6.16. The molecule has 5 heteroatoms. The molecular weight excluding hydrogens is 283 g/mol. The summed E-state index contributed by atoms with van der Waals surface area (Å²) >= 11 is 12.1. The predicted molar refractivity (Wildman–Crippen MR) is 80.0 cm³/mol. The summed E-state index contributed by atoms with van der Waals surface area (Å²) in [5, 5.41) is 11.6. The van der Waals surface area contributed by atoms with Crippen LogP contribution in [0.4, 0.5) is 0 Å². The molecule has 2 unspecified atom stereocenters. The molecule has 0 amide bonds. The van der Waals surface area contributed by atoms with Gasteiger partial charge in [-0.15, -0.1) is 0 Å². The zero-order chi connectivity index (χ0) is 14.0. The number of rotatable bonds is 3. The maximum absolute atomic E-state index is 10.4. The van der Waals surface area contributed by atoms with Gasteiger partial charge in [-0.3, -0.25) is 0 Å². The fourth-order valence-corrected chi connectivity index (χ4v) is 2.93. The van der Waals surface area contributed by atoms with E-state index in [9.17, 15) is 5.11 Å². The number of hydrogen-bond donors (Lipinski definition) is 1. The quantitative estimate of drug-likeness (QED) is 0.930. The molecule has 2 rings (SSSR count). The van der Waals surface area contributed by atoms with Crippen molar-refractivity contribution >= 4 is 23.2 Å². The Hall–Kier alpha value is -0.320. The molecular formula is C14H20Cl2N2O. The normalized spacial score (nSPS) is 23.5. The van der Waals surface area contributed by atoms with Crippen molar-refractivity contribution in [3.63, 3.8) is 0 Å². The van der Waals surface area contributed by atoms with Gasteiger partial charge < -0.3 is 14.9 Å². The number of likely N-dealkylation sites (N-methyl/N-ethyl adjacent to an activating group) is 2. The van der Waals surface area contributed by atoms with Crippen molar-refractivity contribution in [2.75, 3.05) is 33.7 Å². The van der Waals surface area contributed by atoms with Gasteiger partial charge in [0.1, 0.15) is 0 Å². The first-order valence-electron chi connectivity index (χ1n) is 6.49. The Labute approximate surface area is 124 Å². The molecule has 3 nitrogen and oxygen atoms in total. The van der Waals surface area contributed by atoms with Crippen molar-refractivity contribution in [2.24, 2.45) is 0 Å². The Morgan fingerprint density at radius 1 is 1.32 bits per heavy atom. The van der Waals surface area contributed by atoms with Crippen LogP contribution in [0.3, 0.4) is 0 Å². The summed E-state index contributed by atoms with van der Waals surface area (Å²) in [7, 11) is 4.21. The monoisotopic (exact) mass is 302 g/mol. The van der Waals surface area contributed by atoms with Gasteiger partial charge in [-0.2, -0.15) is 0 Å². The molecule has 0 radical (unpaired) electrons. The van der Waals surface area contributed by atoms with Crippen LogP contribution in [0.5, 0.6) is 0 Å². The third-order valence-electron chi connectivity index (χ3n) is 3.79. The smallest absolute Gasteiger partial charge is 0.0820 e. The van der Waals surface area contributed by atoms with E-state index in [2.05, 4.69) is 23.9 Å². The van der Waals surface area contributed by atoms with Crippen LogP contribution < -0.4 is 0 Å². The van der Waals surface area contributed by atoms with Crippen molar-refractivity contribution in [3.05, 3.63) is 33.8 Å². The molecule has 1 N–H and O–H groups in total. The lowest BCUT2D eigenvalue weighted by Crippen LogP contribution is -2.50. The molecule has 0 aliphatic carbocycles. The fourth-order valence-electron chi connectivity index (χ4n) is 2.51. The van der Waals surface area contributed by atoms with Crippen LogP contribution in [0.1, 0.15) is 18.1 Å². The van der Waals surface area contributed by atoms with Crippen molar-refractivity contribution in [3.8, 4) is 0 Å². The summed E-state index contributed by atoms with van der Waals surface area (Å²) < 4.78 is 0. The summed E-state index contributed by atoms with van der Waals surface area (Å²) in [5.41, 5.74) is 0.718. The summed E-state index contributed by atoms with van der Waals surface area (Å²) in [6.45, 7) is 3.06. The second kappa shape index (κ2) is 6.42. The molecule has 2 atom stereocenters. The highest BCUT2D eigenvalue weighted by molar-refractivity contribution is 6.33. The minimum Gasteiger partial charge on any atom is -0.388 e. The third-order valence-corrected chi connectivity index (χ3v) is 4.37. The average Bonchev–Trinajstić information content (AvgIpc) is 2.36. The van der Waals surface area contributed by atoms with E-state index in [0.717, 1.165) is 25.2 Å². The van der Waals surface area contributed by atoms with Gasteiger partial charge in [0.25, 0.3) is 0 Å². The Morgan fingerprint density at radius 2 is 2.05 bits per heavy atom. The van der Waals surface area contributed by atoms with Gasteiger partial charge in [-0.1, -0.05) is 23.2 Å². The first-order valence-corrected chi connectivity index (χ1v) is 7.24. The zero-order valence-corrected chi connectivity index (χ0v) is 12.8. The number of aliphatic hydroxyl groups is 1. The van der Waals surface area contributed by atoms with Crippen LogP contribution >= 0.6 is 23.2 Å². The Kier molecular flexibility index (Phi) is 5.09. The van der Waals surface area contributed by atoms with Crippen molar-refractivity contribution < 1.29 is 5.11 Å². The Morgan fingerprint density at radius 3 is 2.79 bits per heavy atom. The fraction of sp³-hybridized carbons (Fsp3) is 0.571. The zero-order valence-electron chi connectivity index (χ0n) is 11.3. The molecule has 0 saturated carbocycles. The van der Waals surface area contributed by atoms with E-state index in [4.69, 9.17) is 23.2 Å². The molecule has 106 valence electrons. The molecule has 1 fully saturated rings. The summed E-state index contributed by atoms with van der Waals surface area (Å²) in [6, 6.07) is 5.56. The molecule has 1 heterocycles. The van der Waals surface area contributed by atoms with Crippen LogP contribution in [0.15, 0.2) is 18.2 Å². The van der Waals surface area contributed by atoms with Gasteiger partial charge in [0.15, 0.2) is 0 Å². The van der Waals surface area contributed by atoms with Crippen molar-refractivity contribution in [1.82, 2.24) is 9.80 Å². The van der Waals surface area contributed by atoms with Gasteiger partial charge in [0.2, 0.25) is 0 Å². The standard InChI is InChI=1S/C14H20Cl2N2O/c1-17-5-6-18(2)11(9-17)8-14(19)12-7-10(15)3-4-13(12)16/h3-4,7,11,14,19H,5-6,8-9H2,1-2H3. The van der Waals surface area contributed by atoms with Crippen molar-refractivity contribution in [2.45, 2.75) is 18.6 Å². The highest BCUT2D eigenvalue weighted by Crippen LogP contribution is 2.30. The molecule has 0 aromatic heterocycles. The van der Waals surface area contributed by atoms with Gasteiger partial charge in [0, 0.05) is 41.3 Å². The number of hydrogen-bond acceptors (Lipinski definition) is 3. The Balaban J connectivity index is 2.07. The van der Waals surface area contributed by atoms with E-state index in [-0.39, 0.29) is 0 Å². The van der Waals surface area contributed by atoms with Crippen LogP contribution in [0.25, 0.3) is 0 Å². The number of halogens is 2. The first kappa shape index (κ1) is 15.1. The Bertz CT molecular complexity index is 441. The third kappa shape index (κ3) is 3.83. The lowest BCUT2D eigenvalue weighted by Gasteiger charge is -2.38. The SMILES string of the molecule is CN1CCN(C)C(CC(O)c2cc(Cl)ccc2Cl)C1. The van der Waals surface area contributed by atoms with E-state index in [1.54, 1.807) is 18.2 Å². The minimum atomic E-state index is -0.579. The molecule has 1 aliphatic heterocycles. The van der Waals surface area contributed by atoms with Gasteiger partial charge in [0.05, 0.1) is 6.10 Å². The van der Waals surface area contributed by atoms with E-state index in [1.165, 1.54) is 0 Å². The number of aliphatic hydroxyl groups excluding tert-OH is 1. The predicted octanol–water partition coefficient (Wildman–Crippen LogP) is 2.66. The van der Waals surface area contributed by atoms with E-state index >= 15 is 0 Å². The lowest BCUT2D eigenvalue weighted by molar-refractivity contribution is 0.0635. The summed E-state index contributed by atoms with van der Waals surface area (Å²) in [6.07, 6.45) is 0.0890. The maximum Gasteiger partial charge on any atom is 0.0820 e. The number of nitrogens with zero attached hydrogens (tertiary/aromatic N) is 2. The average molecular weight is 303 g/mol. The van der Waals surface area contributed by atoms with E-state index in [0.29, 0.717) is 22.5 Å². The van der Waals surface area contributed by atoms with E-state index < -0.39 is 6.10 Å². The molecule has 1 aliphatic rings. The van der Waals surface area contributed by atoms with Crippen molar-refractivity contribution in [1.29, 1.82) is 0 Å². The summed E-state index contributed by atoms with van der Waals surface area (Å²) in [5.74, 6) is 0. The highest BCUT2D eigenvalue weighted by atomic mass is 35.5. The molecule has 1 saturated heterocycles. The van der Waals surface area contributed by atoms with Crippen LogP contribution in [0.2, 0.25) is 10.0 Å². The summed E-state index contributed by atoms with van der Waals surface area (Å²) in [4.78, 5) is 4.58. The molecule has 0 bridgehead atoms. The van der Waals surface area contributed by atoms with Gasteiger partial charge in [-0.05, 0) is 38.7 Å². The molecule has 1 aromatic rings. The molecule has 0 spiro atoms. The first-order chi connectivity index (χ1) is 8.97. The second-order valence-electron chi connectivity index (χ2n) is 5.31. The van der Waals surface area contributed by atoms with Crippen LogP contribution in [-0.2, 0) is 0 Å². The van der Waals surface area contributed by atoms with Gasteiger partial charge >= 0.3 is 0 Å². The maximum atomic E-state index is 10.4. The van der Waals surface area contributed by atoms with E-state index in [1.807, 2.05) is 0 Å². The molecule has 19 heavy (non-hydrogen) atoms. The highest BCUT2D eigenvalue weighted by Gasteiger charge is 2.25. The van der Waals surface area contributed by atoms with Crippen LogP contribution in [0, 0.1) is 0 Å². The minimum absolute atomic E-state index is 0.337. The number of piperazine rings is 1. The van der Waals surface area contributed by atoms with Gasteiger partial charge in [-0.25, -0.2) is 0 Å². The number of benzene rings is 1. The lowest BCUT2D eigenvalue weighted by atomic mass is 9.99. The molecule has 1 aromatic carbocycles. The van der Waals surface area contributed by atoms with Crippen LogP contribution in [-0.4, -0.2) is 54.7 Å². The topological polar surface area (TPSA) is 26.7 Å². The largest absolute Gasteiger partial charge is 0.388 e.